The van der Waals surface area contributed by atoms with E-state index in [0.717, 1.165) is 63.6 Å². The van der Waals surface area contributed by atoms with Gasteiger partial charge in [-0.1, -0.05) is 0 Å². The van der Waals surface area contributed by atoms with Crippen LogP contribution in [0.15, 0.2) is 24.3 Å². The quantitative estimate of drug-likeness (QED) is 0.720. The molecular formula is C24H31FN6O2. The summed E-state index contributed by atoms with van der Waals surface area (Å²) in [4.78, 5) is 23.6. The number of carbonyl (C=O) groups is 1. The molecule has 33 heavy (non-hydrogen) atoms. The molecule has 3 aliphatic heterocycles. The first-order valence-corrected chi connectivity index (χ1v) is 11.6. The maximum Gasteiger partial charge on any atom is 0.255 e. The number of morpholine rings is 1. The number of piperidine rings is 1. The Morgan fingerprint density at radius 1 is 1.21 bits per heavy atom. The van der Waals surface area contributed by atoms with Crippen molar-refractivity contribution < 1.29 is 13.9 Å². The van der Waals surface area contributed by atoms with Crippen LogP contribution in [0.25, 0.3) is 0 Å². The molecule has 8 nitrogen and oxygen atoms in total. The Morgan fingerprint density at radius 3 is 2.70 bits per heavy atom. The lowest BCUT2D eigenvalue weighted by molar-refractivity contribution is 0.0966. The summed E-state index contributed by atoms with van der Waals surface area (Å²) in [6.07, 6.45) is 2.06. The Bertz CT molecular complexity index is 1020. The van der Waals surface area contributed by atoms with Crippen molar-refractivity contribution in [1.29, 1.82) is 0 Å². The van der Waals surface area contributed by atoms with Gasteiger partial charge in [-0.3, -0.25) is 4.79 Å². The molecule has 1 atom stereocenters. The molecule has 4 heterocycles. The van der Waals surface area contributed by atoms with Gasteiger partial charge in [-0.15, -0.1) is 0 Å². The number of likely N-dealkylation sites (N-methyl/N-ethyl adjacent to an activating group) is 2. The van der Waals surface area contributed by atoms with E-state index in [0.29, 0.717) is 16.9 Å². The number of benzene rings is 1. The molecule has 9 heteroatoms. The lowest BCUT2D eigenvalue weighted by atomic mass is 10.0. The highest BCUT2D eigenvalue weighted by atomic mass is 19.1. The second-order valence-corrected chi connectivity index (χ2v) is 9.07. The van der Waals surface area contributed by atoms with Gasteiger partial charge in [-0.2, -0.15) is 0 Å². The molecule has 0 aliphatic carbocycles. The Labute approximate surface area is 193 Å². The van der Waals surface area contributed by atoms with Crippen molar-refractivity contribution in [2.45, 2.75) is 25.4 Å². The third kappa shape index (κ3) is 4.35. The third-order valence-corrected chi connectivity index (χ3v) is 6.86. The van der Waals surface area contributed by atoms with Gasteiger partial charge in [0.25, 0.3) is 5.91 Å². The van der Waals surface area contributed by atoms with Crippen LogP contribution in [0.4, 0.5) is 27.4 Å². The number of fused-ring (bicyclic) bond motifs is 1. The molecule has 3 aliphatic rings. The molecule has 2 N–H and O–H groups in total. The van der Waals surface area contributed by atoms with E-state index in [1.165, 1.54) is 0 Å². The van der Waals surface area contributed by atoms with Gasteiger partial charge < -0.3 is 30.1 Å². The number of anilines is 4. The van der Waals surface area contributed by atoms with E-state index in [9.17, 15) is 4.79 Å². The van der Waals surface area contributed by atoms with E-state index in [1.54, 1.807) is 0 Å². The minimum Gasteiger partial charge on any atom is -0.378 e. The van der Waals surface area contributed by atoms with Gasteiger partial charge in [0.1, 0.15) is 5.82 Å². The number of rotatable bonds is 5. The Balaban J connectivity index is 1.43. The molecule has 2 fully saturated rings. The summed E-state index contributed by atoms with van der Waals surface area (Å²) in [6.45, 7) is 5.28. The first-order chi connectivity index (χ1) is 16.0. The van der Waals surface area contributed by atoms with Crippen LogP contribution < -0.4 is 20.4 Å². The van der Waals surface area contributed by atoms with Crippen LogP contribution in [-0.2, 0) is 11.3 Å². The fourth-order valence-corrected chi connectivity index (χ4v) is 4.93. The molecule has 2 saturated heterocycles. The molecule has 1 aromatic heterocycles. The van der Waals surface area contributed by atoms with E-state index in [2.05, 4.69) is 32.5 Å². The molecule has 1 aromatic carbocycles. The fraction of sp³-hybridized carbons (Fsp3) is 0.500. The molecule has 0 saturated carbocycles. The van der Waals surface area contributed by atoms with Crippen LogP contribution in [0.5, 0.6) is 0 Å². The number of likely N-dealkylation sites (tertiary alicyclic amines) is 1. The summed E-state index contributed by atoms with van der Waals surface area (Å²) in [7, 11) is 3.98. The van der Waals surface area contributed by atoms with Crippen molar-refractivity contribution in [2.24, 2.45) is 0 Å². The minimum atomic E-state index is -0.410. The normalized spacial score (nSPS) is 21.0. The predicted molar refractivity (Wildman–Crippen MR) is 127 cm³/mol. The predicted octanol–water partition coefficient (Wildman–Crippen LogP) is 2.57. The highest BCUT2D eigenvalue weighted by molar-refractivity contribution is 6.03. The van der Waals surface area contributed by atoms with Gasteiger partial charge in [-0.25, -0.2) is 9.37 Å². The summed E-state index contributed by atoms with van der Waals surface area (Å²) >= 11 is 0. The number of carbonyl (C=O) groups excluding carboxylic acids is 1. The maximum atomic E-state index is 15.5. The van der Waals surface area contributed by atoms with E-state index in [4.69, 9.17) is 4.74 Å². The van der Waals surface area contributed by atoms with Crippen molar-refractivity contribution in [2.75, 3.05) is 68.6 Å². The third-order valence-electron chi connectivity index (χ3n) is 6.86. The lowest BCUT2D eigenvalue weighted by Crippen LogP contribution is -2.45. The highest BCUT2D eigenvalue weighted by Crippen LogP contribution is 2.34. The maximum absolute atomic E-state index is 15.5. The molecule has 1 amide bonds. The van der Waals surface area contributed by atoms with E-state index in [-0.39, 0.29) is 24.3 Å². The fourth-order valence-electron chi connectivity index (χ4n) is 4.93. The van der Waals surface area contributed by atoms with Gasteiger partial charge >= 0.3 is 0 Å². The van der Waals surface area contributed by atoms with Crippen LogP contribution in [-0.4, -0.2) is 75.3 Å². The first-order valence-electron chi connectivity index (χ1n) is 11.6. The second-order valence-electron chi connectivity index (χ2n) is 9.07. The molecule has 5 rings (SSSR count). The summed E-state index contributed by atoms with van der Waals surface area (Å²) in [5, 5.41) is 6.03. The second kappa shape index (κ2) is 9.15. The topological polar surface area (TPSA) is 73.0 Å². The first kappa shape index (κ1) is 21.9. The van der Waals surface area contributed by atoms with E-state index in [1.807, 2.05) is 36.2 Å². The van der Waals surface area contributed by atoms with Crippen LogP contribution in [0, 0.1) is 5.82 Å². The number of hydrogen-bond donors (Lipinski definition) is 2. The summed E-state index contributed by atoms with van der Waals surface area (Å²) < 4.78 is 20.9. The van der Waals surface area contributed by atoms with Crippen molar-refractivity contribution in [3.8, 4) is 0 Å². The molecule has 2 aromatic rings. The number of pyridine rings is 1. The Kier molecular flexibility index (Phi) is 6.07. The van der Waals surface area contributed by atoms with Gasteiger partial charge in [0.15, 0.2) is 11.6 Å². The number of halogens is 1. The van der Waals surface area contributed by atoms with Crippen molar-refractivity contribution >= 4 is 28.9 Å². The molecule has 1 unspecified atom stereocenters. The SMILES string of the molecule is CN1CCCC(N(C)c2nc(Nc3ccc(N4CCOCC4)cc3)c3c(c2F)CNC3=O)C1. The smallest absolute Gasteiger partial charge is 0.255 e. The zero-order valence-corrected chi connectivity index (χ0v) is 19.2. The highest BCUT2D eigenvalue weighted by Gasteiger charge is 2.33. The average molecular weight is 455 g/mol. The molecule has 176 valence electrons. The summed E-state index contributed by atoms with van der Waals surface area (Å²) in [6, 6.07) is 8.20. The van der Waals surface area contributed by atoms with E-state index < -0.39 is 5.82 Å². The summed E-state index contributed by atoms with van der Waals surface area (Å²) in [5.74, 6) is -0.0211. The van der Waals surface area contributed by atoms with Crippen LogP contribution >= 0.6 is 0 Å². The Hall–Kier alpha value is -2.91. The van der Waals surface area contributed by atoms with Crippen molar-refractivity contribution in [3.63, 3.8) is 0 Å². The van der Waals surface area contributed by atoms with Crippen molar-refractivity contribution in [1.82, 2.24) is 15.2 Å². The number of amides is 1. The molecule has 0 bridgehead atoms. The standard InChI is InChI=1S/C24H31FN6O2/c1-29-9-3-4-18(15-29)30(2)23-21(25)19-14-26-24(32)20(19)22(28-23)27-16-5-7-17(8-6-16)31-10-12-33-13-11-31/h5-8,18H,3-4,9-15H2,1-2H3,(H,26,32)(H,27,28). The van der Waals surface area contributed by atoms with Gasteiger partial charge in [0.05, 0.1) is 18.8 Å². The zero-order chi connectivity index (χ0) is 22.9. The van der Waals surface area contributed by atoms with Gasteiger partial charge in [-0.05, 0) is 50.7 Å². The number of ether oxygens (including phenoxy) is 1. The van der Waals surface area contributed by atoms with E-state index >= 15 is 4.39 Å². The average Bonchev–Trinajstić information content (AvgIpc) is 3.24. The van der Waals surface area contributed by atoms with Gasteiger partial charge in [0, 0.05) is 56.2 Å². The molecule has 0 radical (unpaired) electrons. The molecular weight excluding hydrogens is 423 g/mol. The number of aromatic nitrogens is 1. The lowest BCUT2D eigenvalue weighted by Gasteiger charge is -2.36. The molecule has 0 spiro atoms. The monoisotopic (exact) mass is 454 g/mol. The number of nitrogens with zero attached hydrogens (tertiary/aromatic N) is 4. The minimum absolute atomic E-state index is 0.175. The van der Waals surface area contributed by atoms with Gasteiger partial charge in [0.2, 0.25) is 0 Å². The number of nitrogens with one attached hydrogen (secondary N) is 2. The van der Waals surface area contributed by atoms with Crippen molar-refractivity contribution in [3.05, 3.63) is 41.2 Å². The van der Waals surface area contributed by atoms with Crippen LogP contribution in [0.3, 0.4) is 0 Å². The largest absolute Gasteiger partial charge is 0.378 e. The van der Waals surface area contributed by atoms with Crippen LogP contribution in [0.1, 0.15) is 28.8 Å². The zero-order valence-electron chi connectivity index (χ0n) is 19.2. The number of hydrogen-bond acceptors (Lipinski definition) is 7. The summed E-state index contributed by atoms with van der Waals surface area (Å²) in [5.41, 5.74) is 2.61. The van der Waals surface area contributed by atoms with Crippen LogP contribution in [0.2, 0.25) is 0 Å². The Morgan fingerprint density at radius 2 is 1.97 bits per heavy atom.